The highest BCUT2D eigenvalue weighted by molar-refractivity contribution is 5.78. The molecule has 0 spiro atoms. The number of amides is 2. The fraction of sp³-hybridized carbons (Fsp3) is 0.889. The molecule has 6 heteroatoms. The average Bonchev–Trinajstić information content (AvgIpc) is 2.46. The van der Waals surface area contributed by atoms with Crippen molar-refractivity contribution < 1.29 is 14.3 Å². The third-order valence-electron chi connectivity index (χ3n) is 5.26. The van der Waals surface area contributed by atoms with Crippen LogP contribution in [0.2, 0.25) is 0 Å². The lowest BCUT2D eigenvalue weighted by molar-refractivity contribution is -0.125. The standard InChI is InChI=1S/C18H33N3O3/c1-6-19-16(22)12-20-13-8-7-9-14(20)11-15(10-13)21(17(23)24-5)18(2,3)4/h13-15H,6-12H2,1-5H3,(H,19,22). The summed E-state index contributed by atoms with van der Waals surface area (Å²) in [6, 6.07) is 0.928. The van der Waals surface area contributed by atoms with Crippen molar-refractivity contribution in [1.82, 2.24) is 15.1 Å². The second-order valence-electron chi connectivity index (χ2n) is 8.00. The molecule has 0 aliphatic carbocycles. The highest BCUT2D eigenvalue weighted by Gasteiger charge is 2.44. The maximum Gasteiger partial charge on any atom is 0.410 e. The van der Waals surface area contributed by atoms with Gasteiger partial charge in [0.1, 0.15) is 0 Å². The van der Waals surface area contributed by atoms with E-state index in [4.69, 9.17) is 4.74 Å². The first-order valence-electron chi connectivity index (χ1n) is 9.17. The van der Waals surface area contributed by atoms with Gasteiger partial charge < -0.3 is 15.0 Å². The number of carbonyl (C=O) groups is 2. The van der Waals surface area contributed by atoms with Crippen molar-refractivity contribution in [3.05, 3.63) is 0 Å². The number of ether oxygens (including phenoxy) is 1. The summed E-state index contributed by atoms with van der Waals surface area (Å²) in [5.74, 6) is 0.105. The first-order chi connectivity index (χ1) is 11.3. The van der Waals surface area contributed by atoms with Crippen LogP contribution in [0, 0.1) is 0 Å². The number of rotatable bonds is 4. The van der Waals surface area contributed by atoms with Gasteiger partial charge in [-0.2, -0.15) is 0 Å². The first kappa shape index (κ1) is 19.0. The fourth-order valence-electron chi connectivity index (χ4n) is 4.41. The minimum Gasteiger partial charge on any atom is -0.453 e. The Balaban J connectivity index is 2.13. The molecule has 2 heterocycles. The molecular formula is C18H33N3O3. The Morgan fingerprint density at radius 3 is 2.25 bits per heavy atom. The number of carbonyl (C=O) groups excluding carboxylic acids is 2. The topological polar surface area (TPSA) is 61.9 Å². The summed E-state index contributed by atoms with van der Waals surface area (Å²) in [6.07, 6.45) is 5.01. The van der Waals surface area contributed by atoms with E-state index in [1.54, 1.807) is 0 Å². The summed E-state index contributed by atoms with van der Waals surface area (Å²) in [5, 5.41) is 2.90. The molecule has 2 unspecified atom stereocenters. The predicted octanol–water partition coefficient (Wildman–Crippen LogP) is 2.37. The zero-order valence-electron chi connectivity index (χ0n) is 15.8. The van der Waals surface area contributed by atoms with Gasteiger partial charge in [0.25, 0.3) is 0 Å². The van der Waals surface area contributed by atoms with E-state index in [1.165, 1.54) is 13.5 Å². The molecule has 0 radical (unpaired) electrons. The van der Waals surface area contributed by atoms with E-state index < -0.39 is 0 Å². The number of nitrogens with zero attached hydrogens (tertiary/aromatic N) is 2. The van der Waals surface area contributed by atoms with E-state index in [9.17, 15) is 9.59 Å². The van der Waals surface area contributed by atoms with Crippen molar-refractivity contribution in [2.24, 2.45) is 0 Å². The fourth-order valence-corrected chi connectivity index (χ4v) is 4.41. The molecule has 2 atom stereocenters. The van der Waals surface area contributed by atoms with Gasteiger partial charge >= 0.3 is 6.09 Å². The van der Waals surface area contributed by atoms with E-state index in [2.05, 4.69) is 31.0 Å². The molecule has 2 rings (SSSR count). The predicted molar refractivity (Wildman–Crippen MR) is 93.8 cm³/mol. The van der Waals surface area contributed by atoms with Crippen molar-refractivity contribution in [3.63, 3.8) is 0 Å². The maximum atomic E-state index is 12.3. The number of hydrogen-bond acceptors (Lipinski definition) is 4. The summed E-state index contributed by atoms with van der Waals surface area (Å²) < 4.78 is 5.05. The molecule has 2 aliphatic rings. The number of nitrogens with one attached hydrogen (secondary N) is 1. The summed E-state index contributed by atoms with van der Waals surface area (Å²) in [6.45, 7) is 9.26. The van der Waals surface area contributed by atoms with E-state index in [0.29, 0.717) is 25.2 Å². The minimum absolute atomic E-state index is 0.105. The van der Waals surface area contributed by atoms with Crippen LogP contribution in [0.3, 0.4) is 0 Å². The third kappa shape index (κ3) is 4.21. The molecule has 2 amide bonds. The van der Waals surface area contributed by atoms with Crippen LogP contribution < -0.4 is 5.32 Å². The highest BCUT2D eigenvalue weighted by atomic mass is 16.5. The Bertz CT molecular complexity index is 447. The zero-order valence-corrected chi connectivity index (χ0v) is 15.8. The van der Waals surface area contributed by atoms with Crippen molar-refractivity contribution in [2.45, 2.75) is 83.5 Å². The molecule has 2 saturated heterocycles. The van der Waals surface area contributed by atoms with Gasteiger partial charge in [-0.15, -0.1) is 0 Å². The number of piperidine rings is 2. The second kappa shape index (κ2) is 7.72. The van der Waals surface area contributed by atoms with Gasteiger partial charge in [0.15, 0.2) is 0 Å². The lowest BCUT2D eigenvalue weighted by Crippen LogP contribution is -2.62. The minimum atomic E-state index is -0.270. The molecule has 2 fully saturated rings. The van der Waals surface area contributed by atoms with E-state index in [0.717, 1.165) is 25.7 Å². The number of fused-ring (bicyclic) bond motifs is 2. The van der Waals surface area contributed by atoms with Crippen LogP contribution in [0.5, 0.6) is 0 Å². The zero-order chi connectivity index (χ0) is 17.9. The van der Waals surface area contributed by atoms with E-state index in [-0.39, 0.29) is 23.6 Å². The van der Waals surface area contributed by atoms with Crippen molar-refractivity contribution in [3.8, 4) is 0 Å². The summed E-state index contributed by atoms with van der Waals surface area (Å²) >= 11 is 0. The summed E-state index contributed by atoms with van der Waals surface area (Å²) in [7, 11) is 1.45. The van der Waals surface area contributed by atoms with Gasteiger partial charge in [0.05, 0.1) is 13.7 Å². The smallest absolute Gasteiger partial charge is 0.410 e. The first-order valence-corrected chi connectivity index (χ1v) is 9.17. The lowest BCUT2D eigenvalue weighted by Gasteiger charge is -2.52. The lowest BCUT2D eigenvalue weighted by atomic mass is 9.80. The molecule has 138 valence electrons. The molecule has 2 aliphatic heterocycles. The largest absolute Gasteiger partial charge is 0.453 e. The van der Waals surface area contributed by atoms with Gasteiger partial charge in [-0.05, 0) is 53.4 Å². The van der Waals surface area contributed by atoms with Crippen LogP contribution in [0.1, 0.15) is 59.8 Å². The molecule has 1 N–H and O–H groups in total. The van der Waals surface area contributed by atoms with Gasteiger partial charge in [0, 0.05) is 30.2 Å². The van der Waals surface area contributed by atoms with Crippen molar-refractivity contribution >= 4 is 12.0 Å². The molecule has 0 saturated carbocycles. The monoisotopic (exact) mass is 339 g/mol. The molecule has 24 heavy (non-hydrogen) atoms. The average molecular weight is 339 g/mol. The number of likely N-dealkylation sites (N-methyl/N-ethyl adjacent to an activating group) is 1. The Morgan fingerprint density at radius 1 is 1.21 bits per heavy atom. The van der Waals surface area contributed by atoms with E-state index in [1.807, 2.05) is 11.8 Å². The van der Waals surface area contributed by atoms with Crippen LogP contribution in [0.15, 0.2) is 0 Å². The SMILES string of the molecule is CCNC(=O)CN1C2CCCC1CC(N(C(=O)OC)C(C)(C)C)C2. The third-order valence-corrected chi connectivity index (χ3v) is 5.26. The molecule has 2 bridgehead atoms. The molecule has 6 nitrogen and oxygen atoms in total. The Morgan fingerprint density at radius 2 is 1.79 bits per heavy atom. The van der Waals surface area contributed by atoms with Crippen molar-refractivity contribution in [1.29, 1.82) is 0 Å². The molecule has 0 aromatic carbocycles. The number of hydrogen-bond donors (Lipinski definition) is 1. The van der Waals surface area contributed by atoms with E-state index >= 15 is 0 Å². The summed E-state index contributed by atoms with van der Waals surface area (Å²) in [5.41, 5.74) is -0.270. The van der Waals surface area contributed by atoms with Gasteiger partial charge in [0.2, 0.25) is 5.91 Å². The van der Waals surface area contributed by atoms with Gasteiger partial charge in [-0.25, -0.2) is 4.79 Å². The van der Waals surface area contributed by atoms with Crippen LogP contribution in [-0.2, 0) is 9.53 Å². The molecule has 0 aromatic heterocycles. The van der Waals surface area contributed by atoms with Crippen LogP contribution in [-0.4, -0.2) is 65.7 Å². The highest BCUT2D eigenvalue weighted by Crippen LogP contribution is 2.37. The van der Waals surface area contributed by atoms with Crippen molar-refractivity contribution in [2.75, 3.05) is 20.2 Å². The number of methoxy groups -OCH3 is 1. The van der Waals surface area contributed by atoms with Gasteiger partial charge in [-0.1, -0.05) is 6.42 Å². The Hall–Kier alpha value is -1.30. The normalized spacial score (nSPS) is 27.5. The van der Waals surface area contributed by atoms with Crippen LogP contribution in [0.25, 0.3) is 0 Å². The second-order valence-corrected chi connectivity index (χ2v) is 8.00. The molecule has 0 aromatic rings. The maximum absolute atomic E-state index is 12.3. The van der Waals surface area contributed by atoms with Crippen LogP contribution >= 0.6 is 0 Å². The Labute approximate surface area is 145 Å². The van der Waals surface area contributed by atoms with Crippen LogP contribution in [0.4, 0.5) is 4.79 Å². The molecular weight excluding hydrogens is 306 g/mol. The summed E-state index contributed by atoms with van der Waals surface area (Å²) in [4.78, 5) is 28.7. The Kier molecular flexibility index (Phi) is 6.12. The van der Waals surface area contributed by atoms with Gasteiger partial charge in [-0.3, -0.25) is 9.69 Å². The quantitative estimate of drug-likeness (QED) is 0.854.